The average Bonchev–Trinajstić information content (AvgIpc) is 2.76. The van der Waals surface area contributed by atoms with Crippen LogP contribution in [0.5, 0.6) is 0 Å². The second-order valence-electron chi connectivity index (χ2n) is 6.82. The molecular formula is C25H27NO2. The highest BCUT2D eigenvalue weighted by atomic mass is 16.5. The third kappa shape index (κ3) is 5.54. The van der Waals surface area contributed by atoms with E-state index in [1.54, 1.807) is 0 Å². The average molecular weight is 373 g/mol. The van der Waals surface area contributed by atoms with Crippen LogP contribution in [0.4, 0.5) is 0 Å². The van der Waals surface area contributed by atoms with Gasteiger partial charge in [-0.3, -0.25) is 4.79 Å². The highest BCUT2D eigenvalue weighted by Crippen LogP contribution is 2.24. The lowest BCUT2D eigenvalue weighted by Crippen LogP contribution is -2.31. The second kappa shape index (κ2) is 10.4. The lowest BCUT2D eigenvalue weighted by atomic mass is 9.90. The van der Waals surface area contributed by atoms with E-state index in [4.69, 9.17) is 4.74 Å². The van der Waals surface area contributed by atoms with Crippen LogP contribution in [0.1, 0.15) is 42.1 Å². The minimum absolute atomic E-state index is 0.0218. The Bertz CT molecular complexity index is 795. The second-order valence-corrected chi connectivity index (χ2v) is 6.82. The Hall–Kier alpha value is -2.91. The summed E-state index contributed by atoms with van der Waals surface area (Å²) < 4.78 is 5.89. The molecule has 0 saturated carbocycles. The van der Waals surface area contributed by atoms with E-state index in [2.05, 4.69) is 24.4 Å². The number of benzene rings is 3. The van der Waals surface area contributed by atoms with E-state index in [0.29, 0.717) is 13.2 Å². The summed E-state index contributed by atoms with van der Waals surface area (Å²) in [5.41, 5.74) is 3.17. The van der Waals surface area contributed by atoms with E-state index >= 15 is 0 Å². The molecule has 3 aromatic rings. The lowest BCUT2D eigenvalue weighted by Gasteiger charge is -2.18. The zero-order valence-electron chi connectivity index (χ0n) is 16.3. The maximum absolute atomic E-state index is 12.9. The number of carbonyl (C=O) groups excluding carboxylic acids is 1. The van der Waals surface area contributed by atoms with Crippen molar-refractivity contribution in [2.45, 2.75) is 25.4 Å². The van der Waals surface area contributed by atoms with Crippen LogP contribution in [0.2, 0.25) is 0 Å². The molecule has 1 unspecified atom stereocenters. The van der Waals surface area contributed by atoms with Crippen molar-refractivity contribution < 1.29 is 9.53 Å². The summed E-state index contributed by atoms with van der Waals surface area (Å²) in [5, 5.41) is 3.07. The summed E-state index contributed by atoms with van der Waals surface area (Å²) in [4.78, 5) is 12.9. The minimum Gasteiger partial charge on any atom is -0.374 e. The standard InChI is InChI=1S/C25H27NO2/c1-20(21-12-5-2-6-13-21)28-19-11-18-26-25(27)24(22-14-7-3-8-15-22)23-16-9-4-10-17-23/h2-10,12-17,20,24H,11,18-19H2,1H3,(H,26,27). The molecule has 0 bridgehead atoms. The molecule has 0 radical (unpaired) electrons. The Morgan fingerprint density at radius 3 is 1.75 bits per heavy atom. The molecule has 0 spiro atoms. The molecule has 0 aliphatic heterocycles. The molecule has 28 heavy (non-hydrogen) atoms. The molecule has 1 atom stereocenters. The van der Waals surface area contributed by atoms with Crippen molar-refractivity contribution in [3.05, 3.63) is 108 Å². The summed E-state index contributed by atoms with van der Waals surface area (Å²) in [6.45, 7) is 3.25. The van der Waals surface area contributed by atoms with Gasteiger partial charge in [-0.1, -0.05) is 91.0 Å². The number of rotatable bonds is 9. The van der Waals surface area contributed by atoms with Crippen LogP contribution >= 0.6 is 0 Å². The number of carbonyl (C=O) groups is 1. The molecule has 0 saturated heterocycles. The number of nitrogens with one attached hydrogen (secondary N) is 1. The highest BCUT2D eigenvalue weighted by molar-refractivity contribution is 5.87. The molecule has 3 rings (SSSR count). The summed E-state index contributed by atoms with van der Waals surface area (Å²) in [6.07, 6.45) is 0.831. The maximum Gasteiger partial charge on any atom is 0.232 e. The fourth-order valence-corrected chi connectivity index (χ4v) is 3.25. The zero-order valence-corrected chi connectivity index (χ0v) is 16.3. The number of ether oxygens (including phenoxy) is 1. The molecule has 1 amide bonds. The Labute approximate surface area is 167 Å². The SMILES string of the molecule is CC(OCCCNC(=O)C(c1ccccc1)c1ccccc1)c1ccccc1. The molecule has 3 nitrogen and oxygen atoms in total. The van der Waals surface area contributed by atoms with Gasteiger partial charge in [0.2, 0.25) is 5.91 Å². The van der Waals surface area contributed by atoms with Gasteiger partial charge in [0.05, 0.1) is 12.0 Å². The van der Waals surface area contributed by atoms with Crippen molar-refractivity contribution in [3.63, 3.8) is 0 Å². The summed E-state index contributed by atoms with van der Waals surface area (Å²) in [7, 11) is 0. The third-order valence-corrected chi connectivity index (χ3v) is 4.79. The molecular weight excluding hydrogens is 346 g/mol. The van der Waals surface area contributed by atoms with Gasteiger partial charge in [0, 0.05) is 13.2 Å². The van der Waals surface area contributed by atoms with Gasteiger partial charge < -0.3 is 10.1 Å². The maximum atomic E-state index is 12.9. The van der Waals surface area contributed by atoms with Crippen molar-refractivity contribution in [1.29, 1.82) is 0 Å². The van der Waals surface area contributed by atoms with E-state index in [1.807, 2.05) is 78.9 Å². The molecule has 3 heteroatoms. The Kier molecular flexibility index (Phi) is 7.39. The molecule has 0 aliphatic carbocycles. The quantitative estimate of drug-likeness (QED) is 0.530. The van der Waals surface area contributed by atoms with Crippen molar-refractivity contribution in [1.82, 2.24) is 5.32 Å². The van der Waals surface area contributed by atoms with Crippen LogP contribution in [0.15, 0.2) is 91.0 Å². The predicted molar refractivity (Wildman–Crippen MR) is 113 cm³/mol. The molecule has 3 aromatic carbocycles. The first-order valence-corrected chi connectivity index (χ1v) is 9.80. The van der Waals surface area contributed by atoms with Gasteiger partial charge in [-0.05, 0) is 30.0 Å². The molecule has 0 aliphatic rings. The lowest BCUT2D eigenvalue weighted by molar-refractivity contribution is -0.121. The smallest absolute Gasteiger partial charge is 0.232 e. The first-order valence-electron chi connectivity index (χ1n) is 9.80. The van der Waals surface area contributed by atoms with Crippen LogP contribution < -0.4 is 5.32 Å². The van der Waals surface area contributed by atoms with Crippen molar-refractivity contribution in [2.24, 2.45) is 0 Å². The Morgan fingerprint density at radius 2 is 1.25 bits per heavy atom. The minimum atomic E-state index is -0.299. The van der Waals surface area contributed by atoms with E-state index in [1.165, 1.54) is 5.56 Å². The first kappa shape index (κ1) is 19.8. The van der Waals surface area contributed by atoms with Gasteiger partial charge in [-0.25, -0.2) is 0 Å². The first-order chi connectivity index (χ1) is 13.8. The van der Waals surface area contributed by atoms with E-state index in [9.17, 15) is 4.79 Å². The van der Waals surface area contributed by atoms with E-state index in [0.717, 1.165) is 17.5 Å². The molecule has 144 valence electrons. The van der Waals surface area contributed by atoms with Gasteiger partial charge in [0.25, 0.3) is 0 Å². The van der Waals surface area contributed by atoms with Gasteiger partial charge in [0.1, 0.15) is 0 Å². The molecule has 1 N–H and O–H groups in total. The number of amides is 1. The summed E-state index contributed by atoms with van der Waals surface area (Å²) >= 11 is 0. The van der Waals surface area contributed by atoms with Crippen LogP contribution in [-0.4, -0.2) is 19.1 Å². The highest BCUT2D eigenvalue weighted by Gasteiger charge is 2.21. The largest absolute Gasteiger partial charge is 0.374 e. The van der Waals surface area contributed by atoms with Crippen LogP contribution in [0.25, 0.3) is 0 Å². The van der Waals surface area contributed by atoms with Crippen molar-refractivity contribution >= 4 is 5.91 Å². The summed E-state index contributed by atoms with van der Waals surface area (Å²) in [6, 6.07) is 30.0. The third-order valence-electron chi connectivity index (χ3n) is 4.79. The molecule has 0 aromatic heterocycles. The topological polar surface area (TPSA) is 38.3 Å². The number of hydrogen-bond donors (Lipinski definition) is 1. The van der Waals surface area contributed by atoms with Gasteiger partial charge in [-0.2, -0.15) is 0 Å². The predicted octanol–water partition coefficient (Wildman–Crippen LogP) is 5.10. The van der Waals surface area contributed by atoms with Gasteiger partial charge in [-0.15, -0.1) is 0 Å². The monoisotopic (exact) mass is 373 g/mol. The Balaban J connectivity index is 1.52. The Morgan fingerprint density at radius 1 is 0.786 bits per heavy atom. The fraction of sp³-hybridized carbons (Fsp3) is 0.240. The molecule has 0 fully saturated rings. The molecule has 0 heterocycles. The van der Waals surface area contributed by atoms with Crippen LogP contribution in [0.3, 0.4) is 0 Å². The zero-order chi connectivity index (χ0) is 19.6. The van der Waals surface area contributed by atoms with Crippen LogP contribution in [0, 0.1) is 0 Å². The number of hydrogen-bond acceptors (Lipinski definition) is 2. The normalized spacial score (nSPS) is 11.9. The van der Waals surface area contributed by atoms with Crippen molar-refractivity contribution in [3.8, 4) is 0 Å². The summed E-state index contributed by atoms with van der Waals surface area (Å²) in [5.74, 6) is -0.278. The van der Waals surface area contributed by atoms with E-state index < -0.39 is 0 Å². The van der Waals surface area contributed by atoms with Crippen molar-refractivity contribution in [2.75, 3.05) is 13.2 Å². The van der Waals surface area contributed by atoms with Crippen LogP contribution in [-0.2, 0) is 9.53 Å². The van der Waals surface area contributed by atoms with Gasteiger partial charge in [0.15, 0.2) is 0 Å². The van der Waals surface area contributed by atoms with Gasteiger partial charge >= 0.3 is 0 Å². The van der Waals surface area contributed by atoms with E-state index in [-0.39, 0.29) is 17.9 Å². The fourth-order valence-electron chi connectivity index (χ4n) is 3.25.